The van der Waals surface area contributed by atoms with Gasteiger partial charge in [-0.1, -0.05) is 0 Å². The molecule has 4 nitrogen and oxygen atoms in total. The molecular weight excluding hydrogens is 414 g/mol. The monoisotopic (exact) mass is 426 g/mol. The molecule has 0 fully saturated rings. The van der Waals surface area contributed by atoms with Crippen molar-refractivity contribution in [3.05, 3.63) is 72.6 Å². The Morgan fingerprint density at radius 1 is 0.682 bits per heavy atom. The number of carbonyl (C=O) groups excluding carboxylic acids is 2. The van der Waals surface area contributed by atoms with Gasteiger partial charge in [0.05, 0.1) is 0 Å². The molecule has 0 aliphatic rings. The summed E-state index contributed by atoms with van der Waals surface area (Å²) in [7, 11) is 0. The van der Waals surface area contributed by atoms with E-state index in [-0.39, 0.29) is 9.36 Å². The zero-order valence-corrected chi connectivity index (χ0v) is 14.6. The molecule has 0 radical (unpaired) electrons. The fourth-order valence-corrected chi connectivity index (χ4v) is 5.69. The van der Waals surface area contributed by atoms with Gasteiger partial charge in [-0.25, -0.2) is 0 Å². The molecule has 0 atom stereocenters. The summed E-state index contributed by atoms with van der Waals surface area (Å²) in [6.45, 7) is 0. The van der Waals surface area contributed by atoms with Crippen molar-refractivity contribution in [2.24, 2.45) is 0 Å². The van der Waals surface area contributed by atoms with Crippen LogP contribution in [0.2, 0.25) is 0 Å². The van der Waals surface area contributed by atoms with Crippen LogP contribution in [0.3, 0.4) is 0 Å². The Kier molecular flexibility index (Phi) is 4.76. The summed E-state index contributed by atoms with van der Waals surface area (Å²) in [5, 5.41) is 0. The second-order valence-electron chi connectivity index (χ2n) is 4.18. The number of rotatable bonds is 6. The summed E-state index contributed by atoms with van der Waals surface area (Å²) >= 11 is -0.834. The van der Waals surface area contributed by atoms with Crippen molar-refractivity contribution in [3.8, 4) is 0 Å². The van der Waals surface area contributed by atoms with E-state index in [4.69, 9.17) is 8.83 Å². The van der Waals surface area contributed by atoms with E-state index < -0.39 is 29.9 Å². The maximum atomic E-state index is 12.2. The SMILES string of the molecule is O=C([Se]c1ccccc1[Se]C(=O)c1ccco1)c1ccco1. The molecule has 3 aromatic rings. The zero-order valence-electron chi connectivity index (χ0n) is 11.2. The van der Waals surface area contributed by atoms with Gasteiger partial charge in [0.15, 0.2) is 0 Å². The van der Waals surface area contributed by atoms with Crippen molar-refractivity contribution in [1.29, 1.82) is 0 Å². The van der Waals surface area contributed by atoms with Crippen LogP contribution in [-0.2, 0) is 0 Å². The van der Waals surface area contributed by atoms with Crippen LogP contribution in [0.5, 0.6) is 0 Å². The minimum absolute atomic E-state index is 0.0359. The van der Waals surface area contributed by atoms with Crippen LogP contribution >= 0.6 is 0 Å². The molecule has 0 saturated carbocycles. The minimum atomic E-state index is -0.417. The Labute approximate surface area is 139 Å². The molecule has 3 rings (SSSR count). The molecule has 0 aliphatic carbocycles. The number of hydrogen-bond acceptors (Lipinski definition) is 4. The van der Waals surface area contributed by atoms with Crippen LogP contribution in [0.15, 0.2) is 69.9 Å². The van der Waals surface area contributed by atoms with Crippen LogP contribution in [0.1, 0.15) is 21.1 Å². The first-order valence-corrected chi connectivity index (χ1v) is 9.77. The van der Waals surface area contributed by atoms with Gasteiger partial charge in [0, 0.05) is 0 Å². The fraction of sp³-hybridized carbons (Fsp3) is 0. The van der Waals surface area contributed by atoms with Gasteiger partial charge in [-0.15, -0.1) is 0 Å². The van der Waals surface area contributed by atoms with Crippen molar-refractivity contribution in [2.75, 3.05) is 0 Å². The van der Waals surface area contributed by atoms with Gasteiger partial charge in [0.2, 0.25) is 0 Å². The first-order chi connectivity index (χ1) is 10.7. The third-order valence-corrected chi connectivity index (χ3v) is 7.39. The van der Waals surface area contributed by atoms with Crippen LogP contribution in [0, 0.1) is 0 Å². The molecule has 0 bridgehead atoms. The number of benzene rings is 1. The molecule has 2 aromatic heterocycles. The summed E-state index contributed by atoms with van der Waals surface area (Å²) in [4.78, 5) is 24.4. The van der Waals surface area contributed by atoms with Crippen LogP contribution in [0.25, 0.3) is 0 Å². The van der Waals surface area contributed by atoms with E-state index in [1.54, 1.807) is 24.3 Å². The molecule has 110 valence electrons. The van der Waals surface area contributed by atoms with Gasteiger partial charge in [-0.2, -0.15) is 0 Å². The van der Waals surface area contributed by atoms with Gasteiger partial charge >= 0.3 is 139 Å². The molecule has 0 unspecified atom stereocenters. The van der Waals surface area contributed by atoms with Crippen molar-refractivity contribution in [3.63, 3.8) is 0 Å². The molecule has 0 aliphatic heterocycles. The van der Waals surface area contributed by atoms with Crippen LogP contribution in [0.4, 0.5) is 0 Å². The molecule has 2 heterocycles. The third-order valence-electron chi connectivity index (χ3n) is 2.70. The van der Waals surface area contributed by atoms with Gasteiger partial charge < -0.3 is 0 Å². The molecule has 0 saturated heterocycles. The average molecular weight is 424 g/mol. The van der Waals surface area contributed by atoms with E-state index in [9.17, 15) is 9.59 Å². The normalized spacial score (nSPS) is 10.5. The van der Waals surface area contributed by atoms with E-state index in [2.05, 4.69) is 0 Å². The summed E-state index contributed by atoms with van der Waals surface area (Å²) in [5.41, 5.74) is 0. The third kappa shape index (κ3) is 3.49. The summed E-state index contributed by atoms with van der Waals surface area (Å²) < 4.78 is 12.0. The fourth-order valence-electron chi connectivity index (χ4n) is 1.71. The maximum absolute atomic E-state index is 12.2. The molecular formula is C16H10O4Se2. The summed E-state index contributed by atoms with van der Waals surface area (Å²) in [6, 6.07) is 14.3. The predicted molar refractivity (Wildman–Crippen MR) is 83.3 cm³/mol. The Hall–Kier alpha value is -1.84. The number of hydrogen-bond donors (Lipinski definition) is 0. The Morgan fingerprint density at radius 3 is 1.50 bits per heavy atom. The van der Waals surface area contributed by atoms with Gasteiger partial charge in [0.25, 0.3) is 0 Å². The van der Waals surface area contributed by atoms with E-state index in [0.29, 0.717) is 11.5 Å². The summed E-state index contributed by atoms with van der Waals surface area (Å²) in [6.07, 6.45) is 2.97. The van der Waals surface area contributed by atoms with Gasteiger partial charge in [-0.3, -0.25) is 0 Å². The first-order valence-electron chi connectivity index (χ1n) is 6.34. The van der Waals surface area contributed by atoms with Crippen molar-refractivity contribution in [1.82, 2.24) is 0 Å². The van der Waals surface area contributed by atoms with E-state index in [1.165, 1.54) is 12.5 Å². The number of furan rings is 2. The van der Waals surface area contributed by atoms with E-state index >= 15 is 0 Å². The summed E-state index contributed by atoms with van der Waals surface area (Å²) in [5.74, 6) is 0.722. The predicted octanol–water partition coefficient (Wildman–Crippen LogP) is 1.21. The van der Waals surface area contributed by atoms with Gasteiger partial charge in [0.1, 0.15) is 0 Å². The molecule has 22 heavy (non-hydrogen) atoms. The molecule has 6 heteroatoms. The van der Waals surface area contributed by atoms with Crippen LogP contribution < -0.4 is 8.92 Å². The molecule has 0 N–H and O–H groups in total. The molecule has 1 aromatic carbocycles. The van der Waals surface area contributed by atoms with E-state index in [1.807, 2.05) is 24.3 Å². The van der Waals surface area contributed by atoms with Crippen LogP contribution in [-0.4, -0.2) is 39.3 Å². The van der Waals surface area contributed by atoms with Gasteiger partial charge in [-0.05, 0) is 0 Å². The Bertz CT molecular complexity index is 709. The Morgan fingerprint density at radius 2 is 1.14 bits per heavy atom. The van der Waals surface area contributed by atoms with Crippen molar-refractivity contribution < 1.29 is 18.4 Å². The topological polar surface area (TPSA) is 60.4 Å². The second kappa shape index (κ2) is 6.95. The molecule has 0 amide bonds. The molecule has 0 spiro atoms. The second-order valence-corrected chi connectivity index (χ2v) is 8.44. The standard InChI is InChI=1S/C16H10O4Se2/c17-15(11-5-3-9-19-11)21-13-7-1-2-8-14(13)22-16(18)12-6-4-10-20-12/h1-10H. The number of carbonyl (C=O) groups is 2. The van der Waals surface area contributed by atoms with Crippen molar-refractivity contribution in [2.45, 2.75) is 0 Å². The zero-order chi connectivity index (χ0) is 15.4. The quantitative estimate of drug-likeness (QED) is 0.559. The first kappa shape index (κ1) is 15.1. The average Bonchev–Trinajstić information content (AvgIpc) is 3.23. The van der Waals surface area contributed by atoms with Crippen molar-refractivity contribution >= 4 is 48.2 Å². The van der Waals surface area contributed by atoms with E-state index in [0.717, 1.165) is 8.92 Å². The Balaban J connectivity index is 1.78.